The van der Waals surface area contributed by atoms with E-state index in [2.05, 4.69) is 29.2 Å². The van der Waals surface area contributed by atoms with Gasteiger partial charge >= 0.3 is 0 Å². The van der Waals surface area contributed by atoms with Gasteiger partial charge in [0.15, 0.2) is 0 Å². The zero-order valence-corrected chi connectivity index (χ0v) is 15.3. The predicted molar refractivity (Wildman–Crippen MR) is 102 cm³/mol. The summed E-state index contributed by atoms with van der Waals surface area (Å²) in [4.78, 5) is 16.3. The Balaban J connectivity index is 1.44. The summed E-state index contributed by atoms with van der Waals surface area (Å²) in [6, 6.07) is 18.3. The Morgan fingerprint density at radius 2 is 1.73 bits per heavy atom. The molecule has 1 saturated heterocycles. The number of anilines is 1. The van der Waals surface area contributed by atoms with Gasteiger partial charge < -0.3 is 19.3 Å². The first kappa shape index (κ1) is 18.4. The van der Waals surface area contributed by atoms with Gasteiger partial charge in [-0.3, -0.25) is 4.79 Å². The lowest BCUT2D eigenvalue weighted by atomic mass is 10.1. The Morgan fingerprint density at radius 1 is 1.04 bits per heavy atom. The quantitative estimate of drug-likeness (QED) is 0.767. The fraction of sp³-hybridized carbons (Fsp3) is 0.381. The molecule has 0 aromatic heterocycles. The highest BCUT2D eigenvalue weighted by molar-refractivity contribution is 5.77. The van der Waals surface area contributed by atoms with Crippen LogP contribution >= 0.6 is 0 Å². The molecule has 0 saturated carbocycles. The lowest BCUT2D eigenvalue weighted by molar-refractivity contribution is -0.135. The zero-order valence-electron chi connectivity index (χ0n) is 15.3. The third-order valence-electron chi connectivity index (χ3n) is 4.50. The second kappa shape index (κ2) is 9.36. The number of carbonyl (C=O) groups is 1. The number of carbonyl (C=O) groups excluding carboxylic acids is 1. The fourth-order valence-corrected chi connectivity index (χ4v) is 2.94. The number of likely N-dealkylation sites (N-methyl/N-ethyl adjacent to an activating group) is 1. The molecule has 0 spiro atoms. The van der Waals surface area contributed by atoms with Crippen LogP contribution in [0.2, 0.25) is 0 Å². The molecule has 1 aliphatic rings. The molecule has 0 aliphatic carbocycles. The minimum absolute atomic E-state index is 0.0156. The minimum atomic E-state index is -0.0156. The molecule has 1 heterocycles. The molecule has 2 aromatic rings. The lowest BCUT2D eigenvalue weighted by Crippen LogP contribution is -2.36. The van der Waals surface area contributed by atoms with E-state index >= 15 is 0 Å². The molecule has 1 fully saturated rings. The SMILES string of the molecule is CN(Cc1ccc(N2CCOCC2)cc1)C(=O)COCc1ccccc1. The van der Waals surface area contributed by atoms with E-state index in [1.807, 2.05) is 37.4 Å². The second-order valence-corrected chi connectivity index (χ2v) is 6.49. The number of benzene rings is 2. The molecule has 0 bridgehead atoms. The van der Waals surface area contributed by atoms with E-state index in [-0.39, 0.29) is 12.5 Å². The Kier molecular flexibility index (Phi) is 6.63. The van der Waals surface area contributed by atoms with Gasteiger partial charge in [-0.25, -0.2) is 0 Å². The minimum Gasteiger partial charge on any atom is -0.378 e. The van der Waals surface area contributed by atoms with Crippen molar-refractivity contribution in [1.29, 1.82) is 0 Å². The molecule has 1 aliphatic heterocycles. The number of amides is 1. The number of hydrogen-bond donors (Lipinski definition) is 0. The van der Waals surface area contributed by atoms with Crippen LogP contribution in [-0.2, 0) is 27.4 Å². The average molecular weight is 354 g/mol. The van der Waals surface area contributed by atoms with Gasteiger partial charge in [-0.2, -0.15) is 0 Å². The van der Waals surface area contributed by atoms with Crippen LogP contribution < -0.4 is 4.90 Å². The van der Waals surface area contributed by atoms with Crippen molar-refractivity contribution in [3.8, 4) is 0 Å². The summed E-state index contributed by atoms with van der Waals surface area (Å²) in [5.74, 6) is -0.0156. The molecule has 5 heteroatoms. The monoisotopic (exact) mass is 354 g/mol. The molecule has 1 amide bonds. The van der Waals surface area contributed by atoms with Crippen molar-refractivity contribution in [1.82, 2.24) is 4.90 Å². The first-order valence-electron chi connectivity index (χ1n) is 8.99. The Morgan fingerprint density at radius 3 is 2.42 bits per heavy atom. The zero-order chi connectivity index (χ0) is 18.2. The first-order valence-corrected chi connectivity index (χ1v) is 8.99. The van der Waals surface area contributed by atoms with Crippen LogP contribution in [0.25, 0.3) is 0 Å². The number of hydrogen-bond acceptors (Lipinski definition) is 4. The maximum atomic E-state index is 12.2. The standard InChI is InChI=1S/C21H26N2O3/c1-22(21(24)17-26-16-19-5-3-2-4-6-19)15-18-7-9-20(10-8-18)23-11-13-25-14-12-23/h2-10H,11-17H2,1H3. The van der Waals surface area contributed by atoms with E-state index < -0.39 is 0 Å². The maximum Gasteiger partial charge on any atom is 0.248 e. The first-order chi connectivity index (χ1) is 12.7. The van der Waals surface area contributed by atoms with Crippen LogP contribution in [0.3, 0.4) is 0 Å². The molecule has 2 aromatic carbocycles. The number of rotatable bonds is 7. The fourth-order valence-electron chi connectivity index (χ4n) is 2.94. The predicted octanol–water partition coefficient (Wildman–Crippen LogP) is 2.70. The Bertz CT molecular complexity index is 682. The third kappa shape index (κ3) is 5.31. The normalized spacial score (nSPS) is 14.3. The van der Waals surface area contributed by atoms with Gasteiger partial charge in [-0.05, 0) is 23.3 Å². The van der Waals surface area contributed by atoms with Crippen molar-refractivity contribution in [2.45, 2.75) is 13.2 Å². The van der Waals surface area contributed by atoms with Gasteiger partial charge in [-0.1, -0.05) is 42.5 Å². The molecule has 0 N–H and O–H groups in total. The second-order valence-electron chi connectivity index (χ2n) is 6.49. The molecule has 3 rings (SSSR count). The van der Waals surface area contributed by atoms with Crippen molar-refractivity contribution in [3.05, 3.63) is 65.7 Å². The van der Waals surface area contributed by atoms with Crippen LogP contribution in [-0.4, -0.2) is 50.8 Å². The largest absolute Gasteiger partial charge is 0.378 e. The number of nitrogens with zero attached hydrogens (tertiary/aromatic N) is 2. The van der Waals surface area contributed by atoms with Gasteiger partial charge in [-0.15, -0.1) is 0 Å². The molecule has 0 atom stereocenters. The van der Waals surface area contributed by atoms with Gasteiger partial charge in [0.25, 0.3) is 0 Å². The summed E-state index contributed by atoms with van der Waals surface area (Å²) < 4.78 is 10.9. The highest BCUT2D eigenvalue weighted by Gasteiger charge is 2.12. The van der Waals surface area contributed by atoms with Gasteiger partial charge in [0.1, 0.15) is 6.61 Å². The van der Waals surface area contributed by atoms with Gasteiger partial charge in [0.05, 0.1) is 19.8 Å². The molecule has 0 unspecified atom stereocenters. The molecular formula is C21H26N2O3. The Hall–Kier alpha value is -2.37. The summed E-state index contributed by atoms with van der Waals surface area (Å²) in [7, 11) is 1.81. The summed E-state index contributed by atoms with van der Waals surface area (Å²) in [6.45, 7) is 4.54. The van der Waals surface area contributed by atoms with Crippen molar-refractivity contribution in [2.24, 2.45) is 0 Å². The highest BCUT2D eigenvalue weighted by Crippen LogP contribution is 2.17. The summed E-state index contributed by atoms with van der Waals surface area (Å²) in [6.07, 6.45) is 0. The topological polar surface area (TPSA) is 42.0 Å². The van der Waals surface area contributed by atoms with Gasteiger partial charge in [0, 0.05) is 32.4 Å². The van der Waals surface area contributed by atoms with Gasteiger partial charge in [0.2, 0.25) is 5.91 Å². The third-order valence-corrected chi connectivity index (χ3v) is 4.50. The van der Waals surface area contributed by atoms with E-state index in [9.17, 15) is 4.79 Å². The average Bonchev–Trinajstić information content (AvgIpc) is 2.70. The lowest BCUT2D eigenvalue weighted by Gasteiger charge is -2.29. The molecule has 5 nitrogen and oxygen atoms in total. The van der Waals surface area contributed by atoms with Crippen LogP contribution in [0.5, 0.6) is 0 Å². The molecular weight excluding hydrogens is 328 g/mol. The van der Waals surface area contributed by atoms with E-state index in [1.165, 1.54) is 5.69 Å². The maximum absolute atomic E-state index is 12.2. The summed E-state index contributed by atoms with van der Waals surface area (Å²) in [5.41, 5.74) is 3.39. The van der Waals surface area contributed by atoms with Crippen molar-refractivity contribution >= 4 is 11.6 Å². The van der Waals surface area contributed by atoms with E-state index in [1.54, 1.807) is 4.90 Å². The summed E-state index contributed by atoms with van der Waals surface area (Å²) in [5, 5.41) is 0. The van der Waals surface area contributed by atoms with Crippen molar-refractivity contribution in [3.63, 3.8) is 0 Å². The van der Waals surface area contributed by atoms with Crippen LogP contribution in [0.1, 0.15) is 11.1 Å². The smallest absolute Gasteiger partial charge is 0.248 e. The van der Waals surface area contributed by atoms with E-state index in [0.717, 1.165) is 37.4 Å². The number of morpholine rings is 1. The molecule has 0 radical (unpaired) electrons. The molecule has 26 heavy (non-hydrogen) atoms. The van der Waals surface area contributed by atoms with Crippen LogP contribution in [0.4, 0.5) is 5.69 Å². The van der Waals surface area contributed by atoms with E-state index in [0.29, 0.717) is 13.2 Å². The summed E-state index contributed by atoms with van der Waals surface area (Å²) >= 11 is 0. The number of ether oxygens (including phenoxy) is 2. The highest BCUT2D eigenvalue weighted by atomic mass is 16.5. The van der Waals surface area contributed by atoms with E-state index in [4.69, 9.17) is 9.47 Å². The van der Waals surface area contributed by atoms with Crippen LogP contribution in [0.15, 0.2) is 54.6 Å². The molecule has 138 valence electrons. The van der Waals surface area contributed by atoms with Crippen molar-refractivity contribution < 1.29 is 14.3 Å². The van der Waals surface area contributed by atoms with Crippen LogP contribution in [0, 0.1) is 0 Å². The van der Waals surface area contributed by atoms with Crippen molar-refractivity contribution in [2.75, 3.05) is 44.9 Å². The Labute approximate surface area is 155 Å².